The van der Waals surface area contributed by atoms with Crippen LogP contribution < -0.4 is 5.14 Å². The van der Waals surface area contributed by atoms with Crippen molar-refractivity contribution in [1.82, 2.24) is 14.5 Å². The number of nitrogens with two attached hydrogens (primary N) is 1. The first-order valence-corrected chi connectivity index (χ1v) is 7.31. The molecular weight excluding hydrogens is 256 g/mol. The van der Waals surface area contributed by atoms with Gasteiger partial charge in [0.05, 0.1) is 12.3 Å². The minimum Gasteiger partial charge on any atom is -0.337 e. The van der Waals surface area contributed by atoms with E-state index >= 15 is 0 Å². The summed E-state index contributed by atoms with van der Waals surface area (Å²) in [7, 11) is -1.67. The van der Waals surface area contributed by atoms with Gasteiger partial charge in [-0.2, -0.15) is 0 Å². The molecule has 1 unspecified atom stereocenters. The highest BCUT2D eigenvalue weighted by atomic mass is 32.2. The van der Waals surface area contributed by atoms with Crippen LogP contribution in [0.15, 0.2) is 12.4 Å². The maximum Gasteiger partial charge on any atom is 0.223 e. The molecule has 100 valence electrons. The summed E-state index contributed by atoms with van der Waals surface area (Å²) >= 11 is 0. The van der Waals surface area contributed by atoms with Gasteiger partial charge >= 0.3 is 0 Å². The molecule has 0 bridgehead atoms. The number of imidazole rings is 1. The number of aromatic nitrogens is 2. The minimum atomic E-state index is -3.52. The molecule has 8 heteroatoms. The zero-order valence-corrected chi connectivity index (χ0v) is 10.9. The van der Waals surface area contributed by atoms with Gasteiger partial charge in [-0.15, -0.1) is 0 Å². The maximum absolute atomic E-state index is 11.8. The van der Waals surface area contributed by atoms with E-state index < -0.39 is 10.0 Å². The molecular formula is C10H16N4O3S. The number of hydrogen-bond acceptors (Lipinski definition) is 4. The molecule has 1 aliphatic rings. The van der Waals surface area contributed by atoms with Gasteiger partial charge in [0.1, 0.15) is 5.82 Å². The third kappa shape index (κ3) is 3.08. The maximum atomic E-state index is 11.8. The van der Waals surface area contributed by atoms with Crippen molar-refractivity contribution in [3.8, 4) is 0 Å². The summed E-state index contributed by atoms with van der Waals surface area (Å²) in [5, 5.41) is 4.99. The van der Waals surface area contributed by atoms with Crippen molar-refractivity contribution in [2.75, 3.05) is 12.3 Å². The van der Waals surface area contributed by atoms with Crippen LogP contribution in [-0.4, -0.2) is 41.1 Å². The number of nitrogens with zero attached hydrogens (tertiary/aromatic N) is 3. The molecule has 1 aromatic heterocycles. The van der Waals surface area contributed by atoms with Crippen molar-refractivity contribution < 1.29 is 13.2 Å². The summed E-state index contributed by atoms with van der Waals surface area (Å²) in [5.74, 6) is 0.370. The van der Waals surface area contributed by atoms with E-state index in [-0.39, 0.29) is 24.0 Å². The van der Waals surface area contributed by atoms with Crippen LogP contribution >= 0.6 is 0 Å². The summed E-state index contributed by atoms with van der Waals surface area (Å²) in [6.45, 7) is 0.825. The molecule has 2 N–H and O–H groups in total. The average Bonchev–Trinajstić information content (AvgIpc) is 2.73. The third-order valence-corrected chi connectivity index (χ3v) is 3.95. The van der Waals surface area contributed by atoms with Gasteiger partial charge in [-0.25, -0.2) is 18.5 Å². The Morgan fingerprint density at radius 1 is 1.56 bits per heavy atom. The van der Waals surface area contributed by atoms with Crippen LogP contribution in [0.5, 0.6) is 0 Å². The van der Waals surface area contributed by atoms with Gasteiger partial charge < -0.3 is 9.47 Å². The van der Waals surface area contributed by atoms with Crippen molar-refractivity contribution in [2.45, 2.75) is 13.0 Å². The molecule has 1 atom stereocenters. The van der Waals surface area contributed by atoms with E-state index in [1.54, 1.807) is 17.3 Å². The first kappa shape index (κ1) is 13.0. The lowest BCUT2D eigenvalue weighted by molar-refractivity contribution is -0.128. The average molecular weight is 272 g/mol. The number of amides is 1. The molecule has 1 aliphatic heterocycles. The number of likely N-dealkylation sites (tertiary alicyclic amines) is 1. The lowest BCUT2D eigenvalue weighted by Gasteiger charge is -2.16. The zero-order chi connectivity index (χ0) is 13.3. The Morgan fingerprint density at radius 3 is 2.83 bits per heavy atom. The fraction of sp³-hybridized carbons (Fsp3) is 0.600. The summed E-state index contributed by atoms with van der Waals surface area (Å²) < 4.78 is 23.8. The Bertz CT molecular complexity index is 551. The van der Waals surface area contributed by atoms with Gasteiger partial charge in [-0.1, -0.05) is 0 Å². The summed E-state index contributed by atoms with van der Waals surface area (Å²) in [5.41, 5.74) is 0. The van der Waals surface area contributed by atoms with Gasteiger partial charge in [-0.3, -0.25) is 4.79 Å². The Labute approximate surface area is 106 Å². The Balaban J connectivity index is 2.00. The number of hydrogen-bond donors (Lipinski definition) is 1. The standard InChI is InChI=1S/C10H16N4O3S/c1-13-3-2-12-9(13)6-14-5-8(4-10(14)15)7-18(11,16)17/h2-3,8H,4-7H2,1H3,(H2,11,16,17). The molecule has 2 rings (SSSR count). The SMILES string of the molecule is Cn1ccnc1CN1CC(CS(N)(=O)=O)CC1=O. The van der Waals surface area contributed by atoms with Crippen LogP contribution in [0.2, 0.25) is 0 Å². The molecule has 18 heavy (non-hydrogen) atoms. The van der Waals surface area contributed by atoms with E-state index in [0.29, 0.717) is 13.1 Å². The van der Waals surface area contributed by atoms with E-state index in [1.807, 2.05) is 11.6 Å². The van der Waals surface area contributed by atoms with Gasteiger partial charge in [0, 0.05) is 38.3 Å². The van der Waals surface area contributed by atoms with Crippen LogP contribution in [0, 0.1) is 5.92 Å². The highest BCUT2D eigenvalue weighted by Gasteiger charge is 2.32. The molecule has 2 heterocycles. The van der Waals surface area contributed by atoms with Gasteiger partial charge in [-0.05, 0) is 0 Å². The highest BCUT2D eigenvalue weighted by Crippen LogP contribution is 2.20. The monoisotopic (exact) mass is 272 g/mol. The van der Waals surface area contributed by atoms with Crippen molar-refractivity contribution in [3.05, 3.63) is 18.2 Å². The topological polar surface area (TPSA) is 98.3 Å². The van der Waals surface area contributed by atoms with E-state index in [9.17, 15) is 13.2 Å². The summed E-state index contributed by atoms with van der Waals surface area (Å²) in [6, 6.07) is 0. The van der Waals surface area contributed by atoms with Crippen LogP contribution in [0.3, 0.4) is 0 Å². The number of aryl methyl sites for hydroxylation is 1. The van der Waals surface area contributed by atoms with E-state index in [2.05, 4.69) is 4.98 Å². The predicted molar refractivity (Wildman–Crippen MR) is 64.7 cm³/mol. The first-order valence-electron chi connectivity index (χ1n) is 5.59. The normalized spacial score (nSPS) is 20.7. The van der Waals surface area contributed by atoms with Crippen LogP contribution in [0.1, 0.15) is 12.2 Å². The molecule has 7 nitrogen and oxygen atoms in total. The van der Waals surface area contributed by atoms with Crippen LogP contribution in [-0.2, 0) is 28.4 Å². The molecule has 0 aliphatic carbocycles. The lowest BCUT2D eigenvalue weighted by Crippen LogP contribution is -2.28. The molecule has 1 aromatic rings. The molecule has 0 aromatic carbocycles. The first-order chi connectivity index (χ1) is 8.35. The largest absolute Gasteiger partial charge is 0.337 e. The molecule has 1 amide bonds. The Kier molecular flexibility index (Phi) is 3.40. The zero-order valence-electron chi connectivity index (χ0n) is 10.1. The third-order valence-electron chi connectivity index (χ3n) is 3.02. The predicted octanol–water partition coefficient (Wildman–Crippen LogP) is -0.943. The number of carbonyl (C=O) groups excluding carboxylic acids is 1. The fourth-order valence-electron chi connectivity index (χ4n) is 2.17. The second-order valence-corrected chi connectivity index (χ2v) is 6.29. The second-order valence-electron chi connectivity index (χ2n) is 4.63. The van der Waals surface area contributed by atoms with E-state index in [0.717, 1.165) is 5.82 Å². The van der Waals surface area contributed by atoms with Gasteiger partial charge in [0.15, 0.2) is 0 Å². The quantitative estimate of drug-likeness (QED) is 0.764. The van der Waals surface area contributed by atoms with Crippen LogP contribution in [0.4, 0.5) is 0 Å². The van der Waals surface area contributed by atoms with E-state index in [1.165, 1.54) is 0 Å². The molecule has 0 saturated carbocycles. The van der Waals surface area contributed by atoms with Crippen LogP contribution in [0.25, 0.3) is 0 Å². The van der Waals surface area contributed by atoms with Crippen molar-refractivity contribution in [1.29, 1.82) is 0 Å². The van der Waals surface area contributed by atoms with Gasteiger partial charge in [0.25, 0.3) is 0 Å². The number of sulfonamides is 1. The van der Waals surface area contributed by atoms with E-state index in [4.69, 9.17) is 5.14 Å². The molecule has 1 fully saturated rings. The molecule has 0 radical (unpaired) electrons. The van der Waals surface area contributed by atoms with Crippen molar-refractivity contribution >= 4 is 15.9 Å². The van der Waals surface area contributed by atoms with Crippen molar-refractivity contribution in [2.24, 2.45) is 18.1 Å². The molecule has 0 spiro atoms. The van der Waals surface area contributed by atoms with Gasteiger partial charge in [0.2, 0.25) is 15.9 Å². The Hall–Kier alpha value is -1.41. The number of carbonyl (C=O) groups is 1. The smallest absolute Gasteiger partial charge is 0.223 e. The minimum absolute atomic E-state index is 0.0494. The number of rotatable bonds is 4. The fourth-order valence-corrected chi connectivity index (χ4v) is 3.05. The summed E-state index contributed by atoms with van der Waals surface area (Å²) in [6.07, 6.45) is 3.70. The molecule has 1 saturated heterocycles. The lowest BCUT2D eigenvalue weighted by atomic mass is 10.1. The highest BCUT2D eigenvalue weighted by molar-refractivity contribution is 7.89. The second kappa shape index (κ2) is 4.69. The Morgan fingerprint density at radius 2 is 2.28 bits per heavy atom. The number of primary sulfonamides is 1. The van der Waals surface area contributed by atoms with Crippen molar-refractivity contribution in [3.63, 3.8) is 0 Å². The summed E-state index contributed by atoms with van der Waals surface area (Å²) in [4.78, 5) is 17.5.